The molecule has 4 heteroatoms. The second kappa shape index (κ2) is 3.01. The molecule has 0 aliphatic heterocycles. The molecule has 1 nitrogen and oxygen atoms in total. The van der Waals surface area contributed by atoms with Gasteiger partial charge >= 0.3 is 0 Å². The van der Waals surface area contributed by atoms with Crippen LogP contribution in [0.2, 0.25) is 0 Å². The summed E-state index contributed by atoms with van der Waals surface area (Å²) in [6, 6.07) is -0.343. The molecule has 0 heterocycles. The van der Waals surface area contributed by atoms with Crippen molar-refractivity contribution in [1.82, 2.24) is 5.32 Å². The maximum absolute atomic E-state index is 12.5. The topological polar surface area (TPSA) is 12.0 Å². The maximum atomic E-state index is 12.5. The number of nitrogens with one attached hydrogen (secondary N) is 1. The van der Waals surface area contributed by atoms with Gasteiger partial charge in [0.1, 0.15) is 6.30 Å². The molecule has 1 rings (SSSR count). The second-order valence-electron chi connectivity index (χ2n) is 3.08. The van der Waals surface area contributed by atoms with E-state index in [-0.39, 0.29) is 18.9 Å². The summed E-state index contributed by atoms with van der Waals surface area (Å²) < 4.78 is 37.2. The Balaban J connectivity index is 2.31. The van der Waals surface area contributed by atoms with Gasteiger partial charge in [0.05, 0.1) is 0 Å². The van der Waals surface area contributed by atoms with Crippen molar-refractivity contribution in [3.63, 3.8) is 0 Å². The Hall–Kier alpha value is -0.250. The van der Waals surface area contributed by atoms with Gasteiger partial charge < -0.3 is 0 Å². The van der Waals surface area contributed by atoms with Gasteiger partial charge in [-0.05, 0) is 13.3 Å². The summed E-state index contributed by atoms with van der Waals surface area (Å²) in [7, 11) is 0. The molecule has 0 amide bonds. The summed E-state index contributed by atoms with van der Waals surface area (Å²) in [4.78, 5) is 0. The Morgan fingerprint density at radius 3 is 2.55 bits per heavy atom. The zero-order valence-corrected chi connectivity index (χ0v) is 6.41. The number of rotatable bonds is 2. The van der Waals surface area contributed by atoms with Crippen LogP contribution >= 0.6 is 0 Å². The molecule has 0 saturated heterocycles. The number of hydrogen-bond donors (Lipinski definition) is 1. The monoisotopic (exact) mass is 167 g/mol. The molecule has 0 aromatic carbocycles. The van der Waals surface area contributed by atoms with E-state index >= 15 is 0 Å². The van der Waals surface area contributed by atoms with Crippen molar-refractivity contribution in [1.29, 1.82) is 0 Å². The summed E-state index contributed by atoms with van der Waals surface area (Å²) in [6.07, 6.45) is -1.14. The molecule has 1 aliphatic rings. The van der Waals surface area contributed by atoms with E-state index in [0.717, 1.165) is 0 Å². The van der Waals surface area contributed by atoms with Crippen molar-refractivity contribution in [2.45, 2.75) is 44.4 Å². The van der Waals surface area contributed by atoms with E-state index in [0.29, 0.717) is 6.42 Å². The summed E-state index contributed by atoms with van der Waals surface area (Å²) in [5.41, 5.74) is 0. The normalized spacial score (nSPS) is 32.2. The van der Waals surface area contributed by atoms with E-state index < -0.39 is 12.2 Å². The van der Waals surface area contributed by atoms with Crippen molar-refractivity contribution in [2.75, 3.05) is 0 Å². The molecule has 0 aromatic rings. The fourth-order valence-electron chi connectivity index (χ4n) is 1.42. The lowest BCUT2D eigenvalue weighted by molar-refractivity contribution is 0.00603. The molecule has 1 aliphatic carbocycles. The molecule has 2 atom stereocenters. The first-order valence-corrected chi connectivity index (χ1v) is 3.77. The first-order chi connectivity index (χ1) is 4.99. The van der Waals surface area contributed by atoms with E-state index in [1.165, 1.54) is 6.92 Å². The fourth-order valence-corrected chi connectivity index (χ4v) is 1.42. The van der Waals surface area contributed by atoms with Gasteiger partial charge in [0.2, 0.25) is 5.92 Å². The van der Waals surface area contributed by atoms with Gasteiger partial charge in [0.15, 0.2) is 0 Å². The first-order valence-electron chi connectivity index (χ1n) is 3.77. The largest absolute Gasteiger partial charge is 0.285 e. The Kier molecular flexibility index (Phi) is 2.42. The van der Waals surface area contributed by atoms with Crippen LogP contribution in [0.15, 0.2) is 0 Å². The molecule has 1 saturated carbocycles. The third kappa shape index (κ3) is 2.69. The van der Waals surface area contributed by atoms with Gasteiger partial charge in [0, 0.05) is 18.9 Å². The highest BCUT2D eigenvalue weighted by Crippen LogP contribution is 2.34. The summed E-state index contributed by atoms with van der Waals surface area (Å²) in [6.45, 7) is 1.32. The number of halogens is 3. The average molecular weight is 167 g/mol. The van der Waals surface area contributed by atoms with E-state index in [9.17, 15) is 13.2 Å². The van der Waals surface area contributed by atoms with Crippen LogP contribution in [0.5, 0.6) is 0 Å². The van der Waals surface area contributed by atoms with Crippen molar-refractivity contribution < 1.29 is 13.2 Å². The van der Waals surface area contributed by atoms with Crippen LogP contribution in [0.1, 0.15) is 26.2 Å². The quantitative estimate of drug-likeness (QED) is 0.621. The fraction of sp³-hybridized carbons (Fsp3) is 1.00. The van der Waals surface area contributed by atoms with Crippen LogP contribution < -0.4 is 5.32 Å². The second-order valence-corrected chi connectivity index (χ2v) is 3.08. The highest BCUT2D eigenvalue weighted by Gasteiger charge is 2.39. The first kappa shape index (κ1) is 8.84. The summed E-state index contributed by atoms with van der Waals surface area (Å²) in [5, 5.41) is 2.45. The van der Waals surface area contributed by atoms with Gasteiger partial charge in [-0.15, -0.1) is 0 Å². The third-order valence-corrected chi connectivity index (χ3v) is 1.87. The van der Waals surface area contributed by atoms with Crippen LogP contribution in [0.3, 0.4) is 0 Å². The third-order valence-electron chi connectivity index (χ3n) is 1.87. The van der Waals surface area contributed by atoms with Crippen LogP contribution in [-0.2, 0) is 0 Å². The van der Waals surface area contributed by atoms with Crippen LogP contribution in [-0.4, -0.2) is 18.3 Å². The van der Waals surface area contributed by atoms with Gasteiger partial charge in [-0.25, -0.2) is 13.2 Å². The molecule has 0 radical (unpaired) electrons. The SMILES string of the molecule is CC(F)NC1CCC(F)(F)C1. The van der Waals surface area contributed by atoms with Crippen LogP contribution in [0.25, 0.3) is 0 Å². The lowest BCUT2D eigenvalue weighted by Crippen LogP contribution is -2.32. The molecule has 1 fully saturated rings. The van der Waals surface area contributed by atoms with E-state index in [1.807, 2.05) is 0 Å². The predicted molar refractivity (Wildman–Crippen MR) is 36.3 cm³/mol. The number of hydrogen-bond acceptors (Lipinski definition) is 1. The Morgan fingerprint density at radius 1 is 1.55 bits per heavy atom. The van der Waals surface area contributed by atoms with Crippen molar-refractivity contribution in [2.24, 2.45) is 0 Å². The van der Waals surface area contributed by atoms with Crippen molar-refractivity contribution in [3.8, 4) is 0 Å². The molecule has 66 valence electrons. The predicted octanol–water partition coefficient (Wildman–Crippen LogP) is 2.08. The van der Waals surface area contributed by atoms with Gasteiger partial charge in [0.25, 0.3) is 0 Å². The zero-order chi connectivity index (χ0) is 8.48. The molecule has 2 unspecified atom stereocenters. The summed E-state index contributed by atoms with van der Waals surface area (Å²) >= 11 is 0. The highest BCUT2D eigenvalue weighted by atomic mass is 19.3. The lowest BCUT2D eigenvalue weighted by Gasteiger charge is -2.13. The minimum absolute atomic E-state index is 0.114. The summed E-state index contributed by atoms with van der Waals surface area (Å²) in [5.74, 6) is -2.58. The van der Waals surface area contributed by atoms with E-state index in [2.05, 4.69) is 5.32 Å². The molecule has 0 aromatic heterocycles. The lowest BCUT2D eigenvalue weighted by atomic mass is 10.2. The molecule has 1 N–H and O–H groups in total. The molecule has 0 spiro atoms. The number of alkyl halides is 3. The van der Waals surface area contributed by atoms with Gasteiger partial charge in [-0.3, -0.25) is 5.32 Å². The standard InChI is InChI=1S/C7H12F3N/c1-5(8)11-6-2-3-7(9,10)4-6/h5-6,11H,2-4H2,1H3. The molecular weight excluding hydrogens is 155 g/mol. The highest BCUT2D eigenvalue weighted by molar-refractivity contribution is 4.85. The van der Waals surface area contributed by atoms with Crippen LogP contribution in [0.4, 0.5) is 13.2 Å². The smallest absolute Gasteiger partial charge is 0.249 e. The van der Waals surface area contributed by atoms with E-state index in [4.69, 9.17) is 0 Å². The average Bonchev–Trinajstić information content (AvgIpc) is 2.08. The minimum Gasteiger partial charge on any atom is -0.285 e. The molecular formula is C7H12F3N. The van der Waals surface area contributed by atoms with E-state index in [1.54, 1.807) is 0 Å². The Morgan fingerprint density at radius 2 is 2.18 bits per heavy atom. The molecule has 0 bridgehead atoms. The Labute approximate surface area is 64.0 Å². The van der Waals surface area contributed by atoms with Gasteiger partial charge in [-0.2, -0.15) is 0 Å². The van der Waals surface area contributed by atoms with Crippen molar-refractivity contribution in [3.05, 3.63) is 0 Å². The van der Waals surface area contributed by atoms with Gasteiger partial charge in [-0.1, -0.05) is 0 Å². The van der Waals surface area contributed by atoms with Crippen molar-refractivity contribution >= 4 is 0 Å². The zero-order valence-electron chi connectivity index (χ0n) is 6.41. The minimum atomic E-state index is -2.58. The maximum Gasteiger partial charge on any atom is 0.249 e. The van der Waals surface area contributed by atoms with Crippen LogP contribution in [0, 0.1) is 0 Å². The Bertz CT molecular complexity index is 136. The molecule has 11 heavy (non-hydrogen) atoms.